The lowest BCUT2D eigenvalue weighted by Gasteiger charge is -2.13. The molecule has 2 aromatic rings. The van der Waals surface area contributed by atoms with Gasteiger partial charge in [0.1, 0.15) is 5.75 Å². The van der Waals surface area contributed by atoms with E-state index in [-0.39, 0.29) is 12.5 Å². The number of benzene rings is 1. The number of rotatable bonds is 7. The molecule has 25 heavy (non-hydrogen) atoms. The van der Waals surface area contributed by atoms with Crippen molar-refractivity contribution in [3.63, 3.8) is 0 Å². The maximum Gasteiger partial charge on any atom is 0.259 e. The number of thiophene rings is 1. The number of hydrogen-bond donors (Lipinski definition) is 2. The molecule has 1 aromatic heterocycles. The summed E-state index contributed by atoms with van der Waals surface area (Å²) in [4.78, 5) is 18.6. The molecule has 0 aliphatic heterocycles. The Labute approximate surface area is 152 Å². The molecule has 0 saturated heterocycles. The molecule has 1 amide bonds. The summed E-state index contributed by atoms with van der Waals surface area (Å²) in [7, 11) is 5.16. The number of aliphatic imine (C=N–C) groups is 1. The first-order valence-electron chi connectivity index (χ1n) is 7.97. The fourth-order valence-corrected chi connectivity index (χ4v) is 2.65. The molecule has 0 aliphatic carbocycles. The summed E-state index contributed by atoms with van der Waals surface area (Å²) in [6.45, 7) is 1.39. The van der Waals surface area contributed by atoms with Gasteiger partial charge in [0.15, 0.2) is 12.6 Å². The van der Waals surface area contributed by atoms with Crippen molar-refractivity contribution in [3.8, 4) is 5.75 Å². The van der Waals surface area contributed by atoms with E-state index in [9.17, 15) is 4.79 Å². The first-order valence-corrected chi connectivity index (χ1v) is 8.85. The van der Waals surface area contributed by atoms with Crippen LogP contribution in [-0.2, 0) is 17.9 Å². The van der Waals surface area contributed by atoms with Crippen molar-refractivity contribution < 1.29 is 9.53 Å². The molecule has 0 spiro atoms. The zero-order chi connectivity index (χ0) is 18.1. The number of carbonyl (C=O) groups is 1. The van der Waals surface area contributed by atoms with E-state index in [0.29, 0.717) is 12.3 Å². The van der Waals surface area contributed by atoms with Crippen molar-refractivity contribution in [3.05, 3.63) is 52.2 Å². The van der Waals surface area contributed by atoms with Crippen LogP contribution in [0, 0.1) is 0 Å². The van der Waals surface area contributed by atoms with Gasteiger partial charge in [0.2, 0.25) is 0 Å². The number of nitrogens with one attached hydrogen (secondary N) is 2. The Kier molecular flexibility index (Phi) is 7.28. The maximum absolute atomic E-state index is 11.6. The van der Waals surface area contributed by atoms with E-state index >= 15 is 0 Å². The minimum Gasteiger partial charge on any atom is -0.484 e. The van der Waals surface area contributed by atoms with Gasteiger partial charge in [0.25, 0.3) is 5.91 Å². The zero-order valence-electron chi connectivity index (χ0n) is 14.8. The second-order valence-corrected chi connectivity index (χ2v) is 6.62. The Hall–Kier alpha value is -2.54. The quantitative estimate of drug-likeness (QED) is 0.586. The second kappa shape index (κ2) is 9.68. The van der Waals surface area contributed by atoms with Crippen LogP contribution in [0.5, 0.6) is 5.75 Å². The van der Waals surface area contributed by atoms with Crippen molar-refractivity contribution in [1.82, 2.24) is 15.5 Å². The standard InChI is InChI=1S/C18H24N4O2S/c1-19-18(21-12-16-8-5-9-25-16)20-11-14-6-4-7-15(10-14)24-13-17(23)22(2)3/h4-10H,11-13H2,1-3H3,(H2,19,20,21). The van der Waals surface area contributed by atoms with Crippen LogP contribution in [0.4, 0.5) is 0 Å². The van der Waals surface area contributed by atoms with Gasteiger partial charge in [-0.15, -0.1) is 11.3 Å². The molecule has 0 unspecified atom stereocenters. The molecular formula is C18H24N4O2S. The molecule has 134 valence electrons. The van der Waals surface area contributed by atoms with E-state index < -0.39 is 0 Å². The Bertz CT molecular complexity index is 699. The SMILES string of the molecule is CN=C(NCc1cccc(OCC(=O)N(C)C)c1)NCc1cccs1. The van der Waals surface area contributed by atoms with Crippen LogP contribution in [0.1, 0.15) is 10.4 Å². The molecule has 1 aromatic carbocycles. The van der Waals surface area contributed by atoms with Gasteiger partial charge < -0.3 is 20.3 Å². The number of likely N-dealkylation sites (N-methyl/N-ethyl adjacent to an activating group) is 1. The molecule has 7 heteroatoms. The summed E-state index contributed by atoms with van der Waals surface area (Å²) < 4.78 is 5.54. The third kappa shape index (κ3) is 6.46. The number of hydrogen-bond acceptors (Lipinski definition) is 4. The summed E-state index contributed by atoms with van der Waals surface area (Å²) in [5.41, 5.74) is 1.05. The molecule has 2 N–H and O–H groups in total. The van der Waals surface area contributed by atoms with Crippen molar-refractivity contribution in [2.45, 2.75) is 13.1 Å². The fraction of sp³-hybridized carbons (Fsp3) is 0.333. The third-order valence-corrected chi connectivity index (χ3v) is 4.33. The number of amides is 1. The summed E-state index contributed by atoms with van der Waals surface area (Å²) in [6.07, 6.45) is 0. The predicted octanol–water partition coefficient (Wildman–Crippen LogP) is 2.08. The zero-order valence-corrected chi connectivity index (χ0v) is 15.6. The van der Waals surface area contributed by atoms with Crippen LogP contribution in [0.15, 0.2) is 46.8 Å². The third-order valence-electron chi connectivity index (χ3n) is 3.45. The van der Waals surface area contributed by atoms with Crippen LogP contribution in [-0.4, -0.2) is 44.5 Å². The van der Waals surface area contributed by atoms with Crippen LogP contribution < -0.4 is 15.4 Å². The average Bonchev–Trinajstić information content (AvgIpc) is 3.13. The highest BCUT2D eigenvalue weighted by Crippen LogP contribution is 2.13. The molecule has 0 radical (unpaired) electrons. The molecule has 0 saturated carbocycles. The minimum atomic E-state index is -0.0679. The highest BCUT2D eigenvalue weighted by atomic mass is 32.1. The summed E-state index contributed by atoms with van der Waals surface area (Å²) in [5, 5.41) is 8.60. The Morgan fingerprint density at radius 3 is 2.68 bits per heavy atom. The van der Waals surface area contributed by atoms with Gasteiger partial charge in [-0.3, -0.25) is 9.79 Å². The van der Waals surface area contributed by atoms with Gasteiger partial charge in [0.05, 0.1) is 6.54 Å². The fourth-order valence-electron chi connectivity index (χ4n) is 2.01. The molecule has 2 rings (SSSR count). The summed E-state index contributed by atoms with van der Waals surface area (Å²) in [5.74, 6) is 1.35. The van der Waals surface area contributed by atoms with Crippen LogP contribution in [0.25, 0.3) is 0 Å². The molecule has 6 nitrogen and oxygen atoms in total. The van der Waals surface area contributed by atoms with Gasteiger partial charge in [-0.05, 0) is 29.1 Å². The largest absolute Gasteiger partial charge is 0.484 e. The normalized spacial score (nSPS) is 11.1. The Balaban J connectivity index is 1.83. The summed E-state index contributed by atoms with van der Waals surface area (Å²) >= 11 is 1.71. The average molecular weight is 360 g/mol. The predicted molar refractivity (Wildman–Crippen MR) is 102 cm³/mol. The van der Waals surface area contributed by atoms with Gasteiger partial charge in [-0.1, -0.05) is 18.2 Å². The second-order valence-electron chi connectivity index (χ2n) is 5.58. The maximum atomic E-state index is 11.6. The van der Waals surface area contributed by atoms with E-state index in [4.69, 9.17) is 4.74 Å². The lowest BCUT2D eigenvalue weighted by molar-refractivity contribution is -0.130. The lowest BCUT2D eigenvalue weighted by atomic mass is 10.2. The monoisotopic (exact) mass is 360 g/mol. The molecule has 0 bridgehead atoms. The molecule has 0 aliphatic rings. The number of nitrogens with zero attached hydrogens (tertiary/aromatic N) is 2. The number of guanidine groups is 1. The molecular weight excluding hydrogens is 336 g/mol. The Morgan fingerprint density at radius 1 is 1.20 bits per heavy atom. The van der Waals surface area contributed by atoms with Crippen LogP contribution >= 0.6 is 11.3 Å². The first-order chi connectivity index (χ1) is 12.1. The van der Waals surface area contributed by atoms with Crippen LogP contribution in [0.3, 0.4) is 0 Å². The van der Waals surface area contributed by atoms with E-state index in [1.165, 1.54) is 9.78 Å². The van der Waals surface area contributed by atoms with Gasteiger partial charge >= 0.3 is 0 Å². The first kappa shape index (κ1) is 18.8. The lowest BCUT2D eigenvalue weighted by Crippen LogP contribution is -2.36. The van der Waals surface area contributed by atoms with Gasteiger partial charge in [0, 0.05) is 32.6 Å². The van der Waals surface area contributed by atoms with Crippen molar-refractivity contribution in [2.75, 3.05) is 27.7 Å². The van der Waals surface area contributed by atoms with Gasteiger partial charge in [-0.25, -0.2) is 0 Å². The molecule has 0 fully saturated rings. The van der Waals surface area contributed by atoms with Gasteiger partial charge in [-0.2, -0.15) is 0 Å². The topological polar surface area (TPSA) is 66.0 Å². The Morgan fingerprint density at radius 2 is 2.00 bits per heavy atom. The van der Waals surface area contributed by atoms with Crippen LogP contribution in [0.2, 0.25) is 0 Å². The molecule has 0 atom stereocenters. The number of carbonyl (C=O) groups excluding carboxylic acids is 1. The minimum absolute atomic E-state index is 0.0356. The van der Waals surface area contributed by atoms with E-state index in [1.807, 2.05) is 30.3 Å². The van der Waals surface area contributed by atoms with Crippen molar-refractivity contribution in [2.24, 2.45) is 4.99 Å². The van der Waals surface area contributed by atoms with E-state index in [0.717, 1.165) is 18.1 Å². The highest BCUT2D eigenvalue weighted by Gasteiger charge is 2.06. The van der Waals surface area contributed by atoms with E-state index in [1.54, 1.807) is 32.5 Å². The smallest absolute Gasteiger partial charge is 0.259 e. The number of ether oxygens (including phenoxy) is 1. The summed E-state index contributed by atoms with van der Waals surface area (Å²) in [6, 6.07) is 11.8. The van der Waals surface area contributed by atoms with Crippen molar-refractivity contribution >= 4 is 23.2 Å². The van der Waals surface area contributed by atoms with E-state index in [2.05, 4.69) is 27.1 Å². The highest BCUT2D eigenvalue weighted by molar-refractivity contribution is 7.09. The molecule has 1 heterocycles. The van der Waals surface area contributed by atoms with Crippen molar-refractivity contribution in [1.29, 1.82) is 0 Å².